The Bertz CT molecular complexity index is 812. The number of nitrogens with one attached hydrogen (secondary N) is 1. The molecule has 2 aromatic carbocycles. The van der Waals surface area contributed by atoms with Gasteiger partial charge in [0.05, 0.1) is 12.1 Å². The standard InChI is InChI=1S/C22H25NO6/c1-15(16-4-8-19(9-5-16)29-14-21(24)25)23-22(26)17-6-10-18(11-7-17)28-13-20-3-2-12-27-20/h4-11,15,20H,2-3,12-14H2,1H3,(H,23,26)(H,24,25). The molecule has 7 heteroatoms. The van der Waals surface area contributed by atoms with Gasteiger partial charge in [0.15, 0.2) is 6.61 Å². The molecule has 2 N–H and O–H groups in total. The summed E-state index contributed by atoms with van der Waals surface area (Å²) >= 11 is 0. The monoisotopic (exact) mass is 399 g/mol. The van der Waals surface area contributed by atoms with Crippen LogP contribution in [-0.4, -0.2) is 42.9 Å². The van der Waals surface area contributed by atoms with Crippen LogP contribution in [0.25, 0.3) is 0 Å². The van der Waals surface area contributed by atoms with Crippen LogP contribution in [0.2, 0.25) is 0 Å². The van der Waals surface area contributed by atoms with Crippen molar-refractivity contribution in [2.45, 2.75) is 31.9 Å². The lowest BCUT2D eigenvalue weighted by atomic mass is 10.1. The summed E-state index contributed by atoms with van der Waals surface area (Å²) in [5.74, 6) is -0.0392. The summed E-state index contributed by atoms with van der Waals surface area (Å²) in [4.78, 5) is 23.0. The maximum Gasteiger partial charge on any atom is 0.341 e. The Labute approximate surface area is 169 Å². The normalized spacial score (nSPS) is 16.8. The van der Waals surface area contributed by atoms with Crippen molar-refractivity contribution < 1.29 is 28.9 Å². The summed E-state index contributed by atoms with van der Waals surface area (Å²) in [5.41, 5.74) is 1.43. The molecule has 0 spiro atoms. The summed E-state index contributed by atoms with van der Waals surface area (Å²) in [6, 6.07) is 13.8. The molecule has 0 bridgehead atoms. The average molecular weight is 399 g/mol. The maximum absolute atomic E-state index is 12.5. The number of carboxylic acid groups (broad SMARTS) is 1. The molecule has 2 atom stereocenters. The number of hydrogen-bond acceptors (Lipinski definition) is 5. The van der Waals surface area contributed by atoms with Gasteiger partial charge >= 0.3 is 5.97 Å². The van der Waals surface area contributed by atoms with E-state index in [1.807, 2.05) is 6.92 Å². The first kappa shape index (κ1) is 20.7. The third kappa shape index (κ3) is 6.22. The van der Waals surface area contributed by atoms with Gasteiger partial charge in [0.2, 0.25) is 0 Å². The second kappa shape index (κ2) is 9.93. The smallest absolute Gasteiger partial charge is 0.341 e. The van der Waals surface area contributed by atoms with Crippen LogP contribution >= 0.6 is 0 Å². The Balaban J connectivity index is 1.50. The first-order valence-electron chi connectivity index (χ1n) is 9.61. The van der Waals surface area contributed by atoms with Crippen LogP contribution in [0.5, 0.6) is 11.5 Å². The molecule has 1 amide bonds. The van der Waals surface area contributed by atoms with Gasteiger partial charge in [-0.2, -0.15) is 0 Å². The van der Waals surface area contributed by atoms with Crippen molar-refractivity contribution in [1.29, 1.82) is 0 Å². The number of rotatable bonds is 9. The van der Waals surface area contributed by atoms with Gasteiger partial charge in [-0.25, -0.2) is 4.79 Å². The predicted molar refractivity (Wildman–Crippen MR) is 106 cm³/mol. The van der Waals surface area contributed by atoms with Gasteiger partial charge in [-0.3, -0.25) is 4.79 Å². The molecule has 2 unspecified atom stereocenters. The topological polar surface area (TPSA) is 94.1 Å². The van der Waals surface area contributed by atoms with Gasteiger partial charge in [-0.15, -0.1) is 0 Å². The molecule has 0 saturated carbocycles. The van der Waals surface area contributed by atoms with Crippen LogP contribution in [0.1, 0.15) is 41.7 Å². The maximum atomic E-state index is 12.5. The molecule has 1 heterocycles. The highest BCUT2D eigenvalue weighted by atomic mass is 16.5. The van der Waals surface area contributed by atoms with E-state index in [-0.39, 0.29) is 24.7 Å². The molecule has 0 radical (unpaired) electrons. The van der Waals surface area contributed by atoms with Crippen molar-refractivity contribution in [1.82, 2.24) is 5.32 Å². The van der Waals surface area contributed by atoms with Gasteiger partial charge < -0.3 is 24.6 Å². The van der Waals surface area contributed by atoms with E-state index in [9.17, 15) is 9.59 Å². The van der Waals surface area contributed by atoms with Crippen molar-refractivity contribution in [3.8, 4) is 11.5 Å². The zero-order valence-corrected chi connectivity index (χ0v) is 16.3. The Morgan fingerprint density at radius 2 is 1.76 bits per heavy atom. The van der Waals surface area contributed by atoms with Gasteiger partial charge in [0.1, 0.15) is 18.1 Å². The fourth-order valence-corrected chi connectivity index (χ4v) is 3.03. The third-order valence-electron chi connectivity index (χ3n) is 4.67. The fourth-order valence-electron chi connectivity index (χ4n) is 3.03. The average Bonchev–Trinajstić information content (AvgIpc) is 3.25. The second-order valence-corrected chi connectivity index (χ2v) is 6.92. The molecule has 0 aliphatic carbocycles. The largest absolute Gasteiger partial charge is 0.491 e. The Kier molecular flexibility index (Phi) is 7.08. The predicted octanol–water partition coefficient (Wildman–Crippen LogP) is 3.20. The molecule has 1 fully saturated rings. The first-order valence-corrected chi connectivity index (χ1v) is 9.61. The highest BCUT2D eigenvalue weighted by Gasteiger charge is 2.16. The Hall–Kier alpha value is -3.06. The minimum absolute atomic E-state index is 0.153. The lowest BCUT2D eigenvalue weighted by Gasteiger charge is -2.15. The van der Waals surface area contributed by atoms with Gasteiger partial charge in [-0.1, -0.05) is 12.1 Å². The van der Waals surface area contributed by atoms with Crippen LogP contribution in [0, 0.1) is 0 Å². The number of carboxylic acids is 1. The number of hydrogen-bond donors (Lipinski definition) is 2. The SMILES string of the molecule is CC(NC(=O)c1ccc(OCC2CCCO2)cc1)c1ccc(OCC(=O)O)cc1. The van der Waals surface area contributed by atoms with Crippen LogP contribution in [0.15, 0.2) is 48.5 Å². The van der Waals surface area contributed by atoms with E-state index in [0.717, 1.165) is 25.0 Å². The molecule has 1 aliphatic heterocycles. The van der Waals surface area contributed by atoms with Crippen molar-refractivity contribution in [3.05, 3.63) is 59.7 Å². The number of amides is 1. The van der Waals surface area contributed by atoms with E-state index >= 15 is 0 Å². The van der Waals surface area contributed by atoms with Gasteiger partial charge in [-0.05, 0) is 61.7 Å². The van der Waals surface area contributed by atoms with Crippen molar-refractivity contribution in [2.75, 3.05) is 19.8 Å². The van der Waals surface area contributed by atoms with Gasteiger partial charge in [0.25, 0.3) is 5.91 Å². The van der Waals surface area contributed by atoms with E-state index < -0.39 is 5.97 Å². The summed E-state index contributed by atoms with van der Waals surface area (Å²) in [7, 11) is 0. The fraction of sp³-hybridized carbons (Fsp3) is 0.364. The zero-order chi connectivity index (χ0) is 20.6. The minimum atomic E-state index is -1.03. The van der Waals surface area contributed by atoms with Gasteiger partial charge in [0, 0.05) is 12.2 Å². The number of carbonyl (C=O) groups is 2. The van der Waals surface area contributed by atoms with Crippen LogP contribution in [-0.2, 0) is 9.53 Å². The van der Waals surface area contributed by atoms with E-state index in [4.69, 9.17) is 19.3 Å². The molecular weight excluding hydrogens is 374 g/mol. The van der Waals surface area contributed by atoms with Crippen molar-refractivity contribution >= 4 is 11.9 Å². The zero-order valence-electron chi connectivity index (χ0n) is 16.3. The quantitative estimate of drug-likeness (QED) is 0.673. The molecule has 7 nitrogen and oxygen atoms in total. The first-order chi connectivity index (χ1) is 14.0. The van der Waals surface area contributed by atoms with E-state index in [0.29, 0.717) is 23.7 Å². The van der Waals surface area contributed by atoms with E-state index in [2.05, 4.69) is 5.32 Å². The third-order valence-corrected chi connectivity index (χ3v) is 4.67. The lowest BCUT2D eigenvalue weighted by molar-refractivity contribution is -0.139. The molecule has 29 heavy (non-hydrogen) atoms. The number of aliphatic carboxylic acids is 1. The summed E-state index contributed by atoms with van der Waals surface area (Å²) in [5, 5.41) is 11.6. The number of ether oxygens (including phenoxy) is 3. The summed E-state index contributed by atoms with van der Waals surface area (Å²) in [6.45, 7) is 2.81. The molecule has 1 aliphatic rings. The molecule has 154 valence electrons. The molecule has 2 aromatic rings. The van der Waals surface area contributed by atoms with Crippen molar-refractivity contribution in [2.24, 2.45) is 0 Å². The van der Waals surface area contributed by atoms with Crippen LogP contribution in [0.3, 0.4) is 0 Å². The van der Waals surface area contributed by atoms with Crippen LogP contribution < -0.4 is 14.8 Å². The molecular formula is C22H25NO6. The highest BCUT2D eigenvalue weighted by molar-refractivity contribution is 5.94. The van der Waals surface area contributed by atoms with E-state index in [1.54, 1.807) is 48.5 Å². The minimum Gasteiger partial charge on any atom is -0.491 e. The Morgan fingerprint density at radius 3 is 2.38 bits per heavy atom. The van der Waals surface area contributed by atoms with E-state index in [1.165, 1.54) is 0 Å². The summed E-state index contributed by atoms with van der Waals surface area (Å²) in [6.07, 6.45) is 2.24. The lowest BCUT2D eigenvalue weighted by Crippen LogP contribution is -2.26. The molecule has 0 aromatic heterocycles. The highest BCUT2D eigenvalue weighted by Crippen LogP contribution is 2.19. The number of benzene rings is 2. The van der Waals surface area contributed by atoms with Crippen LogP contribution in [0.4, 0.5) is 0 Å². The molecule has 1 saturated heterocycles. The number of carbonyl (C=O) groups excluding carboxylic acids is 1. The summed E-state index contributed by atoms with van der Waals surface area (Å²) < 4.78 is 16.4. The van der Waals surface area contributed by atoms with Crippen molar-refractivity contribution in [3.63, 3.8) is 0 Å². The second-order valence-electron chi connectivity index (χ2n) is 6.92. The Morgan fingerprint density at radius 1 is 1.10 bits per heavy atom. The molecule has 3 rings (SSSR count).